The Morgan fingerprint density at radius 2 is 2.00 bits per heavy atom. The van der Waals surface area contributed by atoms with Crippen LogP contribution in [0, 0.1) is 0 Å². The number of hydrogen-bond acceptors (Lipinski definition) is 3. The lowest BCUT2D eigenvalue weighted by Crippen LogP contribution is -2.41. The van der Waals surface area contributed by atoms with Crippen molar-refractivity contribution in [3.8, 4) is 0 Å². The highest BCUT2D eigenvalue weighted by Crippen LogP contribution is 1.98. The molecule has 0 unspecified atom stereocenters. The van der Waals surface area contributed by atoms with Gasteiger partial charge in [-0.1, -0.05) is 6.92 Å². The van der Waals surface area contributed by atoms with Crippen LogP contribution in [-0.2, 0) is 4.79 Å². The molecule has 4 nitrogen and oxygen atoms in total. The van der Waals surface area contributed by atoms with Crippen molar-refractivity contribution >= 4 is 5.91 Å². The van der Waals surface area contributed by atoms with E-state index in [0.29, 0.717) is 13.0 Å². The molecule has 0 heterocycles. The Kier molecular flexibility index (Phi) is 6.52. The van der Waals surface area contributed by atoms with Crippen molar-refractivity contribution in [1.29, 1.82) is 0 Å². The molecule has 0 bridgehead atoms. The van der Waals surface area contributed by atoms with Gasteiger partial charge in [0.05, 0.1) is 12.6 Å². The van der Waals surface area contributed by atoms with Gasteiger partial charge in [0.25, 0.3) is 0 Å². The van der Waals surface area contributed by atoms with Crippen LogP contribution in [0.4, 0.5) is 0 Å². The lowest BCUT2D eigenvalue weighted by Gasteiger charge is -2.20. The van der Waals surface area contributed by atoms with E-state index < -0.39 is 0 Å². The molecule has 0 aromatic heterocycles. The Bertz CT molecular complexity index is 184. The number of hydrogen-bond donors (Lipinski definition) is 3. The molecular weight excluding hydrogens is 192 g/mol. The van der Waals surface area contributed by atoms with Gasteiger partial charge in [-0.05, 0) is 27.2 Å². The minimum absolute atomic E-state index is 0.00681. The van der Waals surface area contributed by atoms with Gasteiger partial charge in [-0.2, -0.15) is 0 Å². The summed E-state index contributed by atoms with van der Waals surface area (Å²) in [6.45, 7) is 8.80. The first-order valence-electron chi connectivity index (χ1n) is 5.54. The van der Waals surface area contributed by atoms with Crippen LogP contribution in [0.2, 0.25) is 0 Å². The van der Waals surface area contributed by atoms with E-state index in [4.69, 9.17) is 5.11 Å². The molecule has 0 saturated carbocycles. The minimum Gasteiger partial charge on any atom is -0.394 e. The Hall–Kier alpha value is -0.610. The molecule has 1 atom stereocenters. The van der Waals surface area contributed by atoms with Crippen molar-refractivity contribution in [2.45, 2.75) is 52.1 Å². The van der Waals surface area contributed by atoms with Gasteiger partial charge in [0, 0.05) is 18.5 Å². The van der Waals surface area contributed by atoms with Crippen molar-refractivity contribution in [2.75, 3.05) is 13.2 Å². The number of carbonyl (C=O) groups is 1. The number of carbonyl (C=O) groups excluding carboxylic acids is 1. The second-order valence-electron chi connectivity index (χ2n) is 4.78. The van der Waals surface area contributed by atoms with Crippen LogP contribution in [0.5, 0.6) is 0 Å². The zero-order valence-corrected chi connectivity index (χ0v) is 10.3. The molecule has 0 rings (SSSR count). The van der Waals surface area contributed by atoms with Crippen LogP contribution < -0.4 is 10.6 Å². The summed E-state index contributed by atoms with van der Waals surface area (Å²) in [6.07, 6.45) is 1.21. The highest BCUT2D eigenvalue weighted by molar-refractivity contribution is 5.76. The van der Waals surface area contributed by atoms with Gasteiger partial charge in [-0.25, -0.2) is 0 Å². The van der Waals surface area contributed by atoms with Crippen molar-refractivity contribution < 1.29 is 9.90 Å². The standard InChI is InChI=1S/C11H24N2O2/c1-5-9(8-14)13-10(15)6-7-12-11(2,3)4/h9,12,14H,5-8H2,1-4H3,(H,13,15)/t9-/m0/s1. The van der Waals surface area contributed by atoms with E-state index in [1.807, 2.05) is 6.92 Å². The van der Waals surface area contributed by atoms with Crippen LogP contribution in [0.1, 0.15) is 40.5 Å². The summed E-state index contributed by atoms with van der Waals surface area (Å²) in [5, 5.41) is 14.9. The zero-order chi connectivity index (χ0) is 11.9. The van der Waals surface area contributed by atoms with Crippen molar-refractivity contribution in [2.24, 2.45) is 0 Å². The molecule has 15 heavy (non-hydrogen) atoms. The molecule has 0 aromatic carbocycles. The largest absolute Gasteiger partial charge is 0.394 e. The van der Waals surface area contributed by atoms with Gasteiger partial charge >= 0.3 is 0 Å². The van der Waals surface area contributed by atoms with E-state index in [2.05, 4.69) is 31.4 Å². The minimum atomic E-state index is -0.105. The Morgan fingerprint density at radius 1 is 1.40 bits per heavy atom. The second-order valence-corrected chi connectivity index (χ2v) is 4.78. The Labute approximate surface area is 92.4 Å². The average molecular weight is 216 g/mol. The highest BCUT2D eigenvalue weighted by atomic mass is 16.3. The lowest BCUT2D eigenvalue weighted by molar-refractivity contribution is -0.122. The van der Waals surface area contributed by atoms with E-state index in [-0.39, 0.29) is 24.1 Å². The Morgan fingerprint density at radius 3 is 2.40 bits per heavy atom. The van der Waals surface area contributed by atoms with E-state index in [1.54, 1.807) is 0 Å². The van der Waals surface area contributed by atoms with E-state index in [9.17, 15) is 4.79 Å². The molecule has 0 saturated heterocycles. The number of aliphatic hydroxyl groups is 1. The molecule has 0 fully saturated rings. The number of rotatable bonds is 6. The number of nitrogens with one attached hydrogen (secondary N) is 2. The number of aliphatic hydroxyl groups excluding tert-OH is 1. The molecule has 0 spiro atoms. The molecule has 4 heteroatoms. The smallest absolute Gasteiger partial charge is 0.221 e. The van der Waals surface area contributed by atoms with E-state index in [0.717, 1.165) is 6.42 Å². The average Bonchev–Trinajstić information content (AvgIpc) is 2.12. The molecular formula is C11H24N2O2. The maximum atomic E-state index is 11.4. The van der Waals surface area contributed by atoms with Crippen LogP contribution >= 0.6 is 0 Å². The molecule has 0 aromatic rings. The van der Waals surface area contributed by atoms with Gasteiger partial charge in [-0.15, -0.1) is 0 Å². The van der Waals surface area contributed by atoms with Gasteiger partial charge in [0.15, 0.2) is 0 Å². The summed E-state index contributed by atoms with van der Waals surface area (Å²) >= 11 is 0. The zero-order valence-electron chi connectivity index (χ0n) is 10.3. The summed E-state index contributed by atoms with van der Waals surface area (Å²) in [6, 6.07) is -0.105. The molecule has 0 radical (unpaired) electrons. The molecule has 90 valence electrons. The van der Waals surface area contributed by atoms with Gasteiger partial charge in [-0.3, -0.25) is 4.79 Å². The van der Waals surface area contributed by atoms with Gasteiger partial charge in [0.2, 0.25) is 5.91 Å². The lowest BCUT2D eigenvalue weighted by atomic mass is 10.1. The molecule has 1 amide bonds. The summed E-state index contributed by atoms with van der Waals surface area (Å²) in [5.41, 5.74) is 0.0431. The maximum Gasteiger partial charge on any atom is 0.221 e. The van der Waals surface area contributed by atoms with Crippen LogP contribution in [0.3, 0.4) is 0 Å². The highest BCUT2D eigenvalue weighted by Gasteiger charge is 2.11. The predicted octanol–water partition coefficient (Wildman–Crippen LogP) is 0.652. The fourth-order valence-corrected chi connectivity index (χ4v) is 1.13. The van der Waals surface area contributed by atoms with Gasteiger partial charge in [0.1, 0.15) is 0 Å². The number of amides is 1. The van der Waals surface area contributed by atoms with Gasteiger partial charge < -0.3 is 15.7 Å². The molecule has 0 aliphatic rings. The van der Waals surface area contributed by atoms with Crippen molar-refractivity contribution in [1.82, 2.24) is 10.6 Å². The third-order valence-corrected chi connectivity index (χ3v) is 2.09. The van der Waals surface area contributed by atoms with Crippen LogP contribution in [0.15, 0.2) is 0 Å². The van der Waals surface area contributed by atoms with Crippen molar-refractivity contribution in [3.63, 3.8) is 0 Å². The SMILES string of the molecule is CC[C@@H](CO)NC(=O)CCNC(C)(C)C. The summed E-state index contributed by atoms with van der Waals surface area (Å²) in [4.78, 5) is 11.4. The molecule has 0 aliphatic carbocycles. The third-order valence-electron chi connectivity index (χ3n) is 2.09. The van der Waals surface area contributed by atoms with Crippen molar-refractivity contribution in [3.05, 3.63) is 0 Å². The predicted molar refractivity (Wildman–Crippen MR) is 61.7 cm³/mol. The monoisotopic (exact) mass is 216 g/mol. The second kappa shape index (κ2) is 6.80. The molecule has 3 N–H and O–H groups in total. The Balaban J connectivity index is 3.66. The van der Waals surface area contributed by atoms with E-state index in [1.165, 1.54) is 0 Å². The summed E-state index contributed by atoms with van der Waals surface area (Å²) < 4.78 is 0. The summed E-state index contributed by atoms with van der Waals surface area (Å²) in [7, 11) is 0. The topological polar surface area (TPSA) is 61.4 Å². The maximum absolute atomic E-state index is 11.4. The fourth-order valence-electron chi connectivity index (χ4n) is 1.13. The molecule has 0 aliphatic heterocycles. The van der Waals surface area contributed by atoms with Crippen LogP contribution in [0.25, 0.3) is 0 Å². The normalized spacial score (nSPS) is 13.7. The third kappa shape index (κ3) is 8.39. The summed E-state index contributed by atoms with van der Waals surface area (Å²) in [5.74, 6) is -0.00681. The first kappa shape index (κ1) is 14.4. The first-order valence-corrected chi connectivity index (χ1v) is 5.54. The fraction of sp³-hybridized carbons (Fsp3) is 0.909. The first-order chi connectivity index (χ1) is 6.89. The van der Waals surface area contributed by atoms with E-state index >= 15 is 0 Å². The quantitative estimate of drug-likeness (QED) is 0.611. The van der Waals surface area contributed by atoms with Crippen LogP contribution in [-0.4, -0.2) is 35.7 Å².